The van der Waals surface area contributed by atoms with Crippen LogP contribution < -0.4 is 5.32 Å². The fourth-order valence-corrected chi connectivity index (χ4v) is 5.75. The van der Waals surface area contributed by atoms with Crippen molar-refractivity contribution in [2.45, 2.75) is 26.4 Å². The molecule has 9 heteroatoms. The number of halogens is 1. The molecule has 1 N–H and O–H groups in total. The van der Waals surface area contributed by atoms with Crippen LogP contribution in [0, 0.1) is 19.7 Å². The Balaban J connectivity index is 1.44. The highest BCUT2D eigenvalue weighted by atomic mass is 32.1. The van der Waals surface area contributed by atoms with E-state index >= 15 is 0 Å². The second kappa shape index (κ2) is 10.6. The zero-order valence-corrected chi connectivity index (χ0v) is 20.7. The molecule has 2 aromatic heterocycles. The molecule has 0 bridgehead atoms. The van der Waals surface area contributed by atoms with Crippen LogP contribution in [0.1, 0.15) is 27.9 Å². The number of anilines is 1. The molecule has 1 aromatic carbocycles. The van der Waals surface area contributed by atoms with Crippen molar-refractivity contribution >= 4 is 27.4 Å². The number of fused-ring (bicyclic) bond motifs is 1. The molecule has 0 radical (unpaired) electrons. The minimum atomic E-state index is -0.211. The van der Waals surface area contributed by atoms with Crippen LogP contribution >= 0.6 is 11.3 Å². The van der Waals surface area contributed by atoms with Crippen molar-refractivity contribution in [3.63, 3.8) is 0 Å². The Morgan fingerprint density at radius 2 is 1.79 bits per heavy atom. The number of rotatable bonds is 7. The lowest BCUT2D eigenvalue weighted by Gasteiger charge is -2.35. The number of nitrogens with one attached hydrogen (secondary N) is 1. The summed E-state index contributed by atoms with van der Waals surface area (Å²) in [7, 11) is 0. The molecule has 5 rings (SSSR count). The molecule has 1 atom stereocenters. The zero-order chi connectivity index (χ0) is 23.5. The summed E-state index contributed by atoms with van der Waals surface area (Å²) >= 11 is 1.72. The topological polar surface area (TPSA) is 62.8 Å². The van der Waals surface area contributed by atoms with Crippen LogP contribution in [-0.4, -0.2) is 78.9 Å². The number of benzene rings is 1. The van der Waals surface area contributed by atoms with E-state index in [1.165, 1.54) is 16.5 Å². The van der Waals surface area contributed by atoms with Gasteiger partial charge in [-0.3, -0.25) is 9.80 Å². The van der Waals surface area contributed by atoms with Crippen LogP contribution in [0.2, 0.25) is 0 Å². The Bertz CT molecular complexity index is 1130. The van der Waals surface area contributed by atoms with Crippen LogP contribution in [0.25, 0.3) is 10.2 Å². The molecule has 0 spiro atoms. The van der Waals surface area contributed by atoms with Crippen LogP contribution in [0.15, 0.2) is 24.3 Å². The lowest BCUT2D eigenvalue weighted by atomic mass is 10.0. The smallest absolute Gasteiger partial charge is 0.146 e. The van der Waals surface area contributed by atoms with Crippen molar-refractivity contribution in [3.8, 4) is 0 Å². The van der Waals surface area contributed by atoms with E-state index in [1.54, 1.807) is 23.5 Å². The summed E-state index contributed by atoms with van der Waals surface area (Å²) < 4.78 is 25.2. The number of aryl methyl sites for hydroxylation is 2. The quantitative estimate of drug-likeness (QED) is 0.547. The Labute approximate surface area is 203 Å². The summed E-state index contributed by atoms with van der Waals surface area (Å²) in [6.45, 7) is 11.9. The number of morpholine rings is 2. The molecular weight excluding hydrogens is 453 g/mol. The highest BCUT2D eigenvalue weighted by Gasteiger charge is 2.24. The highest BCUT2D eigenvalue weighted by Crippen LogP contribution is 2.34. The molecule has 2 aliphatic rings. The van der Waals surface area contributed by atoms with Crippen molar-refractivity contribution in [3.05, 3.63) is 51.9 Å². The van der Waals surface area contributed by atoms with E-state index in [1.807, 2.05) is 6.07 Å². The molecule has 1 unspecified atom stereocenters. The maximum atomic E-state index is 14.1. The fraction of sp³-hybridized carbons (Fsp3) is 0.520. The third-order valence-corrected chi connectivity index (χ3v) is 7.83. The highest BCUT2D eigenvalue weighted by molar-refractivity contribution is 7.18. The zero-order valence-electron chi connectivity index (χ0n) is 19.8. The van der Waals surface area contributed by atoms with E-state index in [-0.39, 0.29) is 11.9 Å². The molecule has 4 heterocycles. The maximum absolute atomic E-state index is 14.1. The van der Waals surface area contributed by atoms with Gasteiger partial charge in [0.2, 0.25) is 0 Å². The Hall–Kier alpha value is -2.17. The molecular formula is C25H32FN5O2S. The van der Waals surface area contributed by atoms with Gasteiger partial charge in [-0.2, -0.15) is 0 Å². The number of nitrogens with zero attached hydrogens (tertiary/aromatic N) is 4. The standard InChI is InChI=1S/C25H32FN5O2S/c1-17-18(2)34-25-23(17)24(28-22(29-25)16-30-6-10-32-11-7-30)27-15-21(31-8-12-33-13-9-31)19-4-3-5-20(26)14-19/h3-5,14,21H,6-13,15-16H2,1-2H3,(H,27,28,29). The largest absolute Gasteiger partial charge is 0.379 e. The summed E-state index contributed by atoms with van der Waals surface area (Å²) in [4.78, 5) is 16.9. The van der Waals surface area contributed by atoms with Gasteiger partial charge in [0.15, 0.2) is 0 Å². The second-order valence-corrected chi connectivity index (χ2v) is 10.1. The number of ether oxygens (including phenoxy) is 2. The van der Waals surface area contributed by atoms with Crippen LogP contribution in [0.5, 0.6) is 0 Å². The SMILES string of the molecule is Cc1sc2nc(CN3CCOCC3)nc(NCC(c3cccc(F)c3)N3CCOCC3)c2c1C. The van der Waals surface area contributed by atoms with Crippen LogP contribution in [0.3, 0.4) is 0 Å². The molecule has 0 aliphatic carbocycles. The number of hydrogen-bond acceptors (Lipinski definition) is 8. The van der Waals surface area contributed by atoms with Gasteiger partial charge in [0, 0.05) is 37.6 Å². The average Bonchev–Trinajstić information content (AvgIpc) is 3.14. The Kier molecular flexibility index (Phi) is 7.36. The number of hydrogen-bond donors (Lipinski definition) is 1. The molecule has 2 fully saturated rings. The monoisotopic (exact) mass is 485 g/mol. The molecule has 34 heavy (non-hydrogen) atoms. The van der Waals surface area contributed by atoms with Crippen LogP contribution in [0.4, 0.5) is 10.2 Å². The molecule has 182 valence electrons. The van der Waals surface area contributed by atoms with Crippen molar-refractivity contribution in [2.24, 2.45) is 0 Å². The first-order chi connectivity index (χ1) is 16.6. The molecule has 3 aromatic rings. The fourth-order valence-electron chi connectivity index (χ4n) is 4.71. The first kappa shape index (κ1) is 23.6. The van der Waals surface area contributed by atoms with E-state index in [4.69, 9.17) is 19.4 Å². The summed E-state index contributed by atoms with van der Waals surface area (Å²) in [5.74, 6) is 1.48. The van der Waals surface area contributed by atoms with Gasteiger partial charge in [0.1, 0.15) is 22.3 Å². The molecule has 2 aliphatic heterocycles. The third kappa shape index (κ3) is 5.23. The van der Waals surface area contributed by atoms with E-state index in [0.717, 1.165) is 66.8 Å². The van der Waals surface area contributed by atoms with E-state index in [9.17, 15) is 4.39 Å². The van der Waals surface area contributed by atoms with Gasteiger partial charge in [-0.15, -0.1) is 11.3 Å². The van der Waals surface area contributed by atoms with Gasteiger partial charge in [0.05, 0.1) is 44.4 Å². The first-order valence-electron chi connectivity index (χ1n) is 12.0. The Morgan fingerprint density at radius 1 is 1.06 bits per heavy atom. The van der Waals surface area contributed by atoms with Gasteiger partial charge in [-0.1, -0.05) is 12.1 Å². The molecule has 7 nitrogen and oxygen atoms in total. The van der Waals surface area contributed by atoms with E-state index in [2.05, 4.69) is 29.0 Å². The van der Waals surface area contributed by atoms with Gasteiger partial charge in [-0.25, -0.2) is 14.4 Å². The van der Waals surface area contributed by atoms with E-state index < -0.39 is 0 Å². The molecule has 0 amide bonds. The normalized spacial score (nSPS) is 18.9. The van der Waals surface area contributed by atoms with E-state index in [0.29, 0.717) is 26.3 Å². The number of aromatic nitrogens is 2. The minimum Gasteiger partial charge on any atom is -0.379 e. The van der Waals surface area contributed by atoms with Gasteiger partial charge in [0.25, 0.3) is 0 Å². The lowest BCUT2D eigenvalue weighted by Crippen LogP contribution is -2.41. The second-order valence-electron chi connectivity index (χ2n) is 8.94. The predicted molar refractivity (Wildman–Crippen MR) is 133 cm³/mol. The predicted octanol–water partition coefficient (Wildman–Crippen LogP) is 3.76. The first-order valence-corrected chi connectivity index (χ1v) is 12.8. The molecule has 0 saturated carbocycles. The van der Waals surface area contributed by atoms with Crippen molar-refractivity contribution in [2.75, 3.05) is 64.5 Å². The lowest BCUT2D eigenvalue weighted by molar-refractivity contribution is 0.0186. The minimum absolute atomic E-state index is 0.0207. The average molecular weight is 486 g/mol. The molecule has 2 saturated heterocycles. The summed E-state index contributed by atoms with van der Waals surface area (Å²) in [5.41, 5.74) is 2.18. The van der Waals surface area contributed by atoms with Crippen molar-refractivity contribution in [1.29, 1.82) is 0 Å². The summed E-state index contributed by atoms with van der Waals surface area (Å²) in [6.07, 6.45) is 0. The van der Waals surface area contributed by atoms with Crippen molar-refractivity contribution in [1.82, 2.24) is 19.8 Å². The number of thiophene rings is 1. The van der Waals surface area contributed by atoms with Gasteiger partial charge < -0.3 is 14.8 Å². The van der Waals surface area contributed by atoms with Crippen LogP contribution in [-0.2, 0) is 16.0 Å². The maximum Gasteiger partial charge on any atom is 0.146 e. The van der Waals surface area contributed by atoms with Gasteiger partial charge >= 0.3 is 0 Å². The van der Waals surface area contributed by atoms with Crippen molar-refractivity contribution < 1.29 is 13.9 Å². The summed E-state index contributed by atoms with van der Waals surface area (Å²) in [6, 6.07) is 6.95. The summed E-state index contributed by atoms with van der Waals surface area (Å²) in [5, 5.41) is 4.73. The van der Waals surface area contributed by atoms with Gasteiger partial charge in [-0.05, 0) is 37.1 Å². The Morgan fingerprint density at radius 3 is 2.53 bits per heavy atom. The third-order valence-electron chi connectivity index (χ3n) is 6.73.